The molecule has 90 valence electrons. The van der Waals surface area contributed by atoms with Gasteiger partial charge in [-0.15, -0.1) is 0 Å². The Hall–Kier alpha value is -1.59. The largest absolute Gasteiger partial charge is 0.481 e. The maximum Gasteiger partial charge on any atom is 0.303 e. The lowest BCUT2D eigenvalue weighted by atomic mass is 10.3. The van der Waals surface area contributed by atoms with Gasteiger partial charge in [-0.05, 0) is 12.8 Å². The van der Waals surface area contributed by atoms with Crippen LogP contribution in [0.4, 0.5) is 0 Å². The van der Waals surface area contributed by atoms with Crippen LogP contribution in [0.25, 0.3) is 0 Å². The number of carboxylic acid groups (broad SMARTS) is 1. The van der Waals surface area contributed by atoms with Crippen LogP contribution in [0.3, 0.4) is 0 Å². The molecule has 0 aliphatic heterocycles. The van der Waals surface area contributed by atoms with Gasteiger partial charge in [0, 0.05) is 25.4 Å². The molecule has 1 rings (SSSR count). The minimum atomic E-state index is -0.989. The molecule has 0 saturated heterocycles. The molecule has 1 aliphatic carbocycles. The van der Waals surface area contributed by atoms with Crippen LogP contribution in [0.1, 0.15) is 25.7 Å². The summed E-state index contributed by atoms with van der Waals surface area (Å²) in [4.78, 5) is 32.4. The van der Waals surface area contributed by atoms with Crippen LogP contribution in [0, 0.1) is 5.92 Å². The first-order chi connectivity index (χ1) is 7.59. The zero-order chi connectivity index (χ0) is 12.0. The SMILES string of the molecule is O=C(O)CCC(=O)NCCNC(=O)C1CC1. The highest BCUT2D eigenvalue weighted by molar-refractivity contribution is 5.81. The van der Waals surface area contributed by atoms with Crippen molar-refractivity contribution >= 4 is 17.8 Å². The molecule has 0 aromatic rings. The predicted octanol–water partition coefficient (Wildman–Crippen LogP) is -0.506. The van der Waals surface area contributed by atoms with Crippen molar-refractivity contribution in [1.29, 1.82) is 0 Å². The van der Waals surface area contributed by atoms with E-state index in [1.807, 2.05) is 0 Å². The lowest BCUT2D eigenvalue weighted by molar-refractivity contribution is -0.138. The molecule has 0 atom stereocenters. The van der Waals surface area contributed by atoms with Gasteiger partial charge in [-0.3, -0.25) is 14.4 Å². The van der Waals surface area contributed by atoms with E-state index in [0.717, 1.165) is 12.8 Å². The number of rotatable bonds is 7. The maximum atomic E-state index is 11.2. The van der Waals surface area contributed by atoms with Crippen molar-refractivity contribution in [2.45, 2.75) is 25.7 Å². The first-order valence-electron chi connectivity index (χ1n) is 5.36. The fourth-order valence-corrected chi connectivity index (χ4v) is 1.19. The second-order valence-electron chi connectivity index (χ2n) is 3.81. The molecule has 3 N–H and O–H groups in total. The molecule has 16 heavy (non-hydrogen) atoms. The molecule has 1 saturated carbocycles. The molecule has 0 unspecified atom stereocenters. The lowest BCUT2D eigenvalue weighted by Crippen LogP contribution is -2.35. The number of amides is 2. The van der Waals surface area contributed by atoms with E-state index in [2.05, 4.69) is 10.6 Å². The number of carbonyl (C=O) groups is 3. The number of hydrogen-bond acceptors (Lipinski definition) is 3. The van der Waals surface area contributed by atoms with Gasteiger partial charge in [0.2, 0.25) is 11.8 Å². The van der Waals surface area contributed by atoms with Crippen LogP contribution in [0.15, 0.2) is 0 Å². The fourth-order valence-electron chi connectivity index (χ4n) is 1.19. The Bertz CT molecular complexity index is 287. The van der Waals surface area contributed by atoms with E-state index in [4.69, 9.17) is 5.11 Å². The number of carboxylic acids is 1. The molecule has 0 radical (unpaired) electrons. The van der Waals surface area contributed by atoms with Gasteiger partial charge in [0.15, 0.2) is 0 Å². The average Bonchev–Trinajstić information content (AvgIpc) is 3.04. The lowest BCUT2D eigenvalue weighted by Gasteiger charge is -2.05. The van der Waals surface area contributed by atoms with Gasteiger partial charge in [-0.2, -0.15) is 0 Å². The highest BCUT2D eigenvalue weighted by Crippen LogP contribution is 2.28. The van der Waals surface area contributed by atoms with Crippen LogP contribution in [-0.4, -0.2) is 36.0 Å². The van der Waals surface area contributed by atoms with Crippen LogP contribution >= 0.6 is 0 Å². The van der Waals surface area contributed by atoms with E-state index < -0.39 is 5.97 Å². The Morgan fingerprint density at radius 2 is 1.69 bits per heavy atom. The highest BCUT2D eigenvalue weighted by Gasteiger charge is 2.28. The van der Waals surface area contributed by atoms with Gasteiger partial charge in [0.25, 0.3) is 0 Å². The Kier molecular flexibility index (Phi) is 4.75. The second kappa shape index (κ2) is 6.09. The van der Waals surface area contributed by atoms with E-state index >= 15 is 0 Å². The Morgan fingerprint density at radius 1 is 1.06 bits per heavy atom. The zero-order valence-electron chi connectivity index (χ0n) is 8.99. The summed E-state index contributed by atoms with van der Waals surface area (Å²) in [6.45, 7) is 0.741. The predicted molar refractivity (Wildman–Crippen MR) is 55.6 cm³/mol. The number of hydrogen-bond donors (Lipinski definition) is 3. The summed E-state index contributed by atoms with van der Waals surface area (Å²) in [6.07, 6.45) is 1.72. The molecule has 0 bridgehead atoms. The monoisotopic (exact) mass is 228 g/mol. The van der Waals surface area contributed by atoms with Crippen molar-refractivity contribution < 1.29 is 19.5 Å². The second-order valence-corrected chi connectivity index (χ2v) is 3.81. The molecule has 2 amide bonds. The smallest absolute Gasteiger partial charge is 0.303 e. The van der Waals surface area contributed by atoms with Gasteiger partial charge in [0.05, 0.1) is 6.42 Å². The van der Waals surface area contributed by atoms with Crippen molar-refractivity contribution in [3.8, 4) is 0 Å². The summed E-state index contributed by atoms with van der Waals surface area (Å²) in [5.74, 6) is -1.08. The third kappa shape index (κ3) is 5.33. The summed E-state index contributed by atoms with van der Waals surface area (Å²) >= 11 is 0. The summed E-state index contributed by atoms with van der Waals surface area (Å²) in [7, 11) is 0. The third-order valence-corrected chi connectivity index (χ3v) is 2.26. The zero-order valence-corrected chi connectivity index (χ0v) is 8.99. The number of aliphatic carboxylic acids is 1. The highest BCUT2D eigenvalue weighted by atomic mass is 16.4. The van der Waals surface area contributed by atoms with Crippen molar-refractivity contribution in [2.75, 3.05) is 13.1 Å². The maximum absolute atomic E-state index is 11.2. The molecule has 0 aromatic carbocycles. The molecule has 6 nitrogen and oxygen atoms in total. The Labute approximate surface area is 93.4 Å². The van der Waals surface area contributed by atoms with Crippen LogP contribution in [0.5, 0.6) is 0 Å². The standard InChI is InChI=1S/C10H16N2O4/c13-8(3-4-9(14)15)11-5-6-12-10(16)7-1-2-7/h7H,1-6H2,(H,11,13)(H,12,16)(H,14,15). The fraction of sp³-hybridized carbons (Fsp3) is 0.700. The van der Waals surface area contributed by atoms with Gasteiger partial charge < -0.3 is 15.7 Å². The molecule has 0 spiro atoms. The Morgan fingerprint density at radius 3 is 2.25 bits per heavy atom. The minimum Gasteiger partial charge on any atom is -0.481 e. The molecule has 0 aromatic heterocycles. The van der Waals surface area contributed by atoms with Crippen molar-refractivity contribution in [3.63, 3.8) is 0 Å². The molecule has 1 fully saturated rings. The average molecular weight is 228 g/mol. The molecule has 6 heteroatoms. The first-order valence-corrected chi connectivity index (χ1v) is 5.36. The van der Waals surface area contributed by atoms with Gasteiger partial charge in [-0.25, -0.2) is 0 Å². The van der Waals surface area contributed by atoms with Crippen molar-refractivity contribution in [3.05, 3.63) is 0 Å². The van der Waals surface area contributed by atoms with E-state index in [0.29, 0.717) is 13.1 Å². The summed E-state index contributed by atoms with van der Waals surface area (Å²) in [6, 6.07) is 0. The van der Waals surface area contributed by atoms with E-state index in [1.165, 1.54) is 0 Å². The third-order valence-electron chi connectivity index (χ3n) is 2.26. The topological polar surface area (TPSA) is 95.5 Å². The van der Waals surface area contributed by atoms with Crippen molar-refractivity contribution in [1.82, 2.24) is 10.6 Å². The summed E-state index contributed by atoms with van der Waals surface area (Å²) in [5.41, 5.74) is 0. The van der Waals surface area contributed by atoms with Crippen LogP contribution in [0.2, 0.25) is 0 Å². The molecular formula is C10H16N2O4. The normalized spacial score (nSPS) is 14.2. The van der Waals surface area contributed by atoms with Crippen LogP contribution < -0.4 is 10.6 Å². The molecule has 1 aliphatic rings. The van der Waals surface area contributed by atoms with E-state index in [1.54, 1.807) is 0 Å². The summed E-state index contributed by atoms with van der Waals surface area (Å²) in [5, 5.41) is 13.6. The van der Waals surface area contributed by atoms with Gasteiger partial charge in [-0.1, -0.05) is 0 Å². The number of carbonyl (C=O) groups excluding carboxylic acids is 2. The van der Waals surface area contributed by atoms with Crippen LogP contribution in [-0.2, 0) is 14.4 Å². The minimum absolute atomic E-state index is 0.0219. The van der Waals surface area contributed by atoms with Gasteiger partial charge in [0.1, 0.15) is 0 Å². The quantitative estimate of drug-likeness (QED) is 0.511. The van der Waals surface area contributed by atoms with Gasteiger partial charge >= 0.3 is 5.97 Å². The van der Waals surface area contributed by atoms with E-state index in [-0.39, 0.29) is 30.6 Å². The van der Waals surface area contributed by atoms with Crippen molar-refractivity contribution in [2.24, 2.45) is 5.92 Å². The Balaban J connectivity index is 1.95. The summed E-state index contributed by atoms with van der Waals surface area (Å²) < 4.78 is 0. The van der Waals surface area contributed by atoms with E-state index in [9.17, 15) is 14.4 Å². The molecule has 0 heterocycles. The molecular weight excluding hydrogens is 212 g/mol. The number of nitrogens with one attached hydrogen (secondary N) is 2. The first kappa shape index (κ1) is 12.5.